The quantitative estimate of drug-likeness (QED) is 0.831. The Hall–Kier alpha value is -2.17. The van der Waals surface area contributed by atoms with E-state index in [1.165, 1.54) is 11.3 Å². The minimum Gasteiger partial charge on any atom is -0.395 e. The van der Waals surface area contributed by atoms with Crippen molar-refractivity contribution < 1.29 is 9.90 Å². The van der Waals surface area contributed by atoms with Gasteiger partial charge in [0, 0.05) is 13.5 Å². The molecule has 0 radical (unpaired) electrons. The summed E-state index contributed by atoms with van der Waals surface area (Å²) in [6.07, 6.45) is 0.436. The Balaban J connectivity index is 2.01. The van der Waals surface area contributed by atoms with Gasteiger partial charge in [-0.1, -0.05) is 11.8 Å². The molecule has 2 heterocycles. The molecule has 0 saturated carbocycles. The van der Waals surface area contributed by atoms with Crippen molar-refractivity contribution in [2.75, 3.05) is 13.7 Å². The molecule has 0 unspecified atom stereocenters. The summed E-state index contributed by atoms with van der Waals surface area (Å²) in [7, 11) is 1.71. The highest BCUT2D eigenvalue weighted by Crippen LogP contribution is 2.17. The van der Waals surface area contributed by atoms with Gasteiger partial charge in [-0.25, -0.2) is 4.98 Å². The van der Waals surface area contributed by atoms with Gasteiger partial charge >= 0.3 is 0 Å². The molecule has 2 aromatic heterocycles. The number of aryl methyl sites for hydroxylation is 1. The zero-order chi connectivity index (χ0) is 15.2. The zero-order valence-electron chi connectivity index (χ0n) is 11.9. The molecule has 2 rings (SSSR count). The predicted octanol–water partition coefficient (Wildman–Crippen LogP) is 1.18. The van der Waals surface area contributed by atoms with Gasteiger partial charge < -0.3 is 10.0 Å². The Bertz CT molecular complexity index is 680. The van der Waals surface area contributed by atoms with Gasteiger partial charge in [0.1, 0.15) is 5.82 Å². The first-order chi connectivity index (χ1) is 10.1. The lowest BCUT2D eigenvalue weighted by Gasteiger charge is -2.13. The number of nitrogens with one attached hydrogen (secondary N) is 1. The fourth-order valence-electron chi connectivity index (χ4n) is 1.66. The van der Waals surface area contributed by atoms with Crippen molar-refractivity contribution in [1.82, 2.24) is 20.1 Å². The third-order valence-electron chi connectivity index (χ3n) is 2.63. The third kappa shape index (κ3) is 4.15. The summed E-state index contributed by atoms with van der Waals surface area (Å²) >= 11 is 1.34. The van der Waals surface area contributed by atoms with Crippen LogP contribution in [0.15, 0.2) is 12.1 Å². The molecular weight excluding hydrogens is 288 g/mol. The van der Waals surface area contributed by atoms with E-state index in [1.54, 1.807) is 18.0 Å². The summed E-state index contributed by atoms with van der Waals surface area (Å²) < 4.78 is 0. The standard InChI is InChI=1S/C14H16N4O2S/c1-10-15-13(17-16-10)9-18(2)14(20)12-7-6-11(21-12)5-3-4-8-19/h6-7,19H,4,8-9H2,1-2H3,(H,15,16,17). The minimum absolute atomic E-state index is 0.0446. The van der Waals surface area contributed by atoms with Crippen molar-refractivity contribution in [3.05, 3.63) is 33.5 Å². The average molecular weight is 304 g/mol. The van der Waals surface area contributed by atoms with Crippen LogP contribution in [0.3, 0.4) is 0 Å². The lowest BCUT2D eigenvalue weighted by atomic mass is 10.3. The second-order valence-electron chi connectivity index (χ2n) is 4.44. The van der Waals surface area contributed by atoms with Crippen LogP contribution in [0.25, 0.3) is 0 Å². The van der Waals surface area contributed by atoms with E-state index in [-0.39, 0.29) is 12.5 Å². The van der Waals surface area contributed by atoms with Crippen molar-refractivity contribution in [2.45, 2.75) is 19.9 Å². The summed E-state index contributed by atoms with van der Waals surface area (Å²) in [5.41, 5.74) is 0. The number of hydrogen-bond donors (Lipinski definition) is 2. The summed E-state index contributed by atoms with van der Waals surface area (Å²) in [4.78, 5) is 19.5. The van der Waals surface area contributed by atoms with Gasteiger partial charge in [-0.05, 0) is 19.1 Å². The van der Waals surface area contributed by atoms with E-state index >= 15 is 0 Å². The predicted molar refractivity (Wildman–Crippen MR) is 79.8 cm³/mol. The number of aliphatic hydroxyl groups excluding tert-OH is 1. The van der Waals surface area contributed by atoms with Crippen LogP contribution in [0.5, 0.6) is 0 Å². The smallest absolute Gasteiger partial charge is 0.264 e. The van der Waals surface area contributed by atoms with Gasteiger partial charge in [-0.3, -0.25) is 9.89 Å². The second kappa shape index (κ2) is 7.02. The van der Waals surface area contributed by atoms with Crippen LogP contribution >= 0.6 is 11.3 Å². The number of rotatable bonds is 4. The number of thiophene rings is 1. The van der Waals surface area contributed by atoms with Gasteiger partial charge in [0.25, 0.3) is 5.91 Å². The first-order valence-corrected chi connectivity index (χ1v) is 7.24. The highest BCUT2D eigenvalue weighted by atomic mass is 32.1. The van der Waals surface area contributed by atoms with Crippen LogP contribution in [0, 0.1) is 18.8 Å². The fourth-order valence-corrected chi connectivity index (χ4v) is 2.53. The van der Waals surface area contributed by atoms with Crippen molar-refractivity contribution in [3.8, 4) is 11.8 Å². The molecule has 21 heavy (non-hydrogen) atoms. The fraction of sp³-hybridized carbons (Fsp3) is 0.357. The van der Waals surface area contributed by atoms with Gasteiger partial charge in [0.15, 0.2) is 5.82 Å². The molecule has 0 aliphatic rings. The Labute approximate surface area is 126 Å². The van der Waals surface area contributed by atoms with Crippen molar-refractivity contribution in [2.24, 2.45) is 0 Å². The molecule has 0 bridgehead atoms. The molecule has 6 nitrogen and oxygen atoms in total. The van der Waals surface area contributed by atoms with Crippen LogP contribution < -0.4 is 0 Å². The lowest BCUT2D eigenvalue weighted by molar-refractivity contribution is 0.0786. The van der Waals surface area contributed by atoms with Crippen LogP contribution in [0.4, 0.5) is 0 Å². The third-order valence-corrected chi connectivity index (χ3v) is 3.62. The van der Waals surface area contributed by atoms with Crippen LogP contribution in [-0.2, 0) is 6.54 Å². The molecule has 0 atom stereocenters. The molecular formula is C14H16N4O2S. The maximum Gasteiger partial charge on any atom is 0.264 e. The van der Waals surface area contributed by atoms with E-state index in [2.05, 4.69) is 27.0 Å². The van der Waals surface area contributed by atoms with Crippen molar-refractivity contribution in [3.63, 3.8) is 0 Å². The normalized spacial score (nSPS) is 10.0. The number of carbonyl (C=O) groups is 1. The second-order valence-corrected chi connectivity index (χ2v) is 5.52. The van der Waals surface area contributed by atoms with E-state index in [9.17, 15) is 4.79 Å². The molecule has 2 aromatic rings. The Morgan fingerprint density at radius 1 is 1.52 bits per heavy atom. The average Bonchev–Trinajstić information content (AvgIpc) is 3.08. The van der Waals surface area contributed by atoms with Crippen molar-refractivity contribution in [1.29, 1.82) is 0 Å². The number of aromatic amines is 1. The highest BCUT2D eigenvalue weighted by molar-refractivity contribution is 7.14. The summed E-state index contributed by atoms with van der Waals surface area (Å²) in [6.45, 7) is 2.21. The van der Waals surface area contributed by atoms with E-state index < -0.39 is 0 Å². The largest absolute Gasteiger partial charge is 0.395 e. The number of H-pyrrole nitrogens is 1. The number of aromatic nitrogens is 3. The molecule has 0 spiro atoms. The monoisotopic (exact) mass is 304 g/mol. The molecule has 0 aliphatic carbocycles. The maximum atomic E-state index is 12.3. The van der Waals surface area contributed by atoms with Crippen LogP contribution in [0.2, 0.25) is 0 Å². The number of amides is 1. The van der Waals surface area contributed by atoms with Gasteiger partial charge in [-0.15, -0.1) is 11.3 Å². The number of hydrogen-bond acceptors (Lipinski definition) is 5. The summed E-state index contributed by atoms with van der Waals surface area (Å²) in [6, 6.07) is 3.57. The number of nitrogens with zero attached hydrogens (tertiary/aromatic N) is 3. The van der Waals surface area contributed by atoms with E-state index in [1.807, 2.05) is 13.0 Å². The molecule has 1 amide bonds. The Kier molecular flexibility index (Phi) is 5.09. The number of aliphatic hydroxyl groups is 1. The zero-order valence-corrected chi connectivity index (χ0v) is 12.7. The van der Waals surface area contributed by atoms with Crippen molar-refractivity contribution >= 4 is 17.2 Å². The molecule has 0 aliphatic heterocycles. The lowest BCUT2D eigenvalue weighted by Crippen LogP contribution is -2.26. The Morgan fingerprint density at radius 2 is 2.33 bits per heavy atom. The molecule has 0 fully saturated rings. The molecule has 0 aromatic carbocycles. The van der Waals surface area contributed by atoms with Gasteiger partial charge in [0.2, 0.25) is 0 Å². The first-order valence-electron chi connectivity index (χ1n) is 6.43. The minimum atomic E-state index is -0.0855. The molecule has 2 N–H and O–H groups in total. The SMILES string of the molecule is Cc1nc(CN(C)C(=O)c2ccc(C#CCCO)s2)n[nH]1. The van der Waals surface area contributed by atoms with E-state index in [0.29, 0.717) is 23.7 Å². The van der Waals surface area contributed by atoms with Crippen LogP contribution in [0.1, 0.15) is 32.6 Å². The van der Waals surface area contributed by atoms with E-state index in [0.717, 1.165) is 10.7 Å². The first kappa shape index (κ1) is 15.2. The number of carbonyl (C=O) groups excluding carboxylic acids is 1. The molecule has 7 heteroatoms. The molecule has 0 saturated heterocycles. The topological polar surface area (TPSA) is 82.1 Å². The van der Waals surface area contributed by atoms with Gasteiger partial charge in [-0.2, -0.15) is 5.10 Å². The van der Waals surface area contributed by atoms with Crippen LogP contribution in [-0.4, -0.2) is 44.7 Å². The Morgan fingerprint density at radius 3 is 3.00 bits per heavy atom. The van der Waals surface area contributed by atoms with Gasteiger partial charge in [0.05, 0.1) is 22.9 Å². The molecule has 110 valence electrons. The van der Waals surface area contributed by atoms with E-state index in [4.69, 9.17) is 5.11 Å². The highest BCUT2D eigenvalue weighted by Gasteiger charge is 2.15. The summed E-state index contributed by atoms with van der Waals surface area (Å²) in [5.74, 6) is 6.98. The summed E-state index contributed by atoms with van der Waals surface area (Å²) in [5, 5.41) is 15.4. The maximum absolute atomic E-state index is 12.3.